The molecule has 0 bridgehead atoms. The van der Waals surface area contributed by atoms with Crippen LogP contribution in [0.2, 0.25) is 0 Å². The Morgan fingerprint density at radius 2 is 1.67 bits per heavy atom. The molecule has 8 heteroatoms. The van der Waals surface area contributed by atoms with Gasteiger partial charge in [0.15, 0.2) is 5.65 Å². The van der Waals surface area contributed by atoms with Gasteiger partial charge in [0.05, 0.1) is 12.2 Å². The van der Waals surface area contributed by atoms with Crippen LogP contribution in [0.15, 0.2) is 10.9 Å². The van der Waals surface area contributed by atoms with Gasteiger partial charge in [-0.15, -0.1) is 0 Å². The van der Waals surface area contributed by atoms with Crippen LogP contribution in [-0.2, 0) is 22.6 Å². The van der Waals surface area contributed by atoms with Crippen molar-refractivity contribution in [3.8, 4) is 0 Å². The molecule has 0 atom stereocenters. The highest BCUT2D eigenvalue weighted by Gasteiger charge is 2.29. The van der Waals surface area contributed by atoms with Gasteiger partial charge in [-0.25, -0.2) is 9.50 Å². The van der Waals surface area contributed by atoms with Crippen molar-refractivity contribution in [1.29, 1.82) is 0 Å². The molecule has 1 fully saturated rings. The minimum absolute atomic E-state index is 0.0193. The van der Waals surface area contributed by atoms with Gasteiger partial charge in [0.2, 0.25) is 11.8 Å². The molecule has 1 N–H and O–H groups in total. The number of likely N-dealkylation sites (tertiary alicyclic amines) is 1. The molecule has 30 heavy (non-hydrogen) atoms. The highest BCUT2D eigenvalue weighted by molar-refractivity contribution is 5.78. The maximum Gasteiger partial charge on any atom is 0.276 e. The molecule has 0 radical (unpaired) electrons. The monoisotopic (exact) mass is 413 g/mol. The molecule has 0 spiro atoms. The lowest BCUT2D eigenvalue weighted by molar-refractivity contribution is -0.136. The van der Waals surface area contributed by atoms with E-state index in [1.54, 1.807) is 9.42 Å². The minimum atomic E-state index is -0.0660. The number of H-pyrrole nitrogens is 1. The van der Waals surface area contributed by atoms with Crippen molar-refractivity contribution in [2.24, 2.45) is 11.8 Å². The number of aromatic nitrogens is 3. The van der Waals surface area contributed by atoms with Crippen LogP contribution in [0.3, 0.4) is 0 Å². The van der Waals surface area contributed by atoms with Crippen LogP contribution in [0.4, 0.5) is 0 Å². The summed E-state index contributed by atoms with van der Waals surface area (Å²) in [4.78, 5) is 46.1. The molecule has 2 aromatic heterocycles. The molecule has 0 aromatic carbocycles. The summed E-state index contributed by atoms with van der Waals surface area (Å²) in [5.74, 6) is 0.532. The summed E-state index contributed by atoms with van der Waals surface area (Å²) < 4.78 is 1.54. The first kappa shape index (κ1) is 20.6. The number of hydrogen-bond donors (Lipinski definition) is 1. The minimum Gasteiger partial charge on any atom is -0.342 e. The Balaban J connectivity index is 1.56. The molecule has 4 rings (SSSR count). The second-order valence-corrected chi connectivity index (χ2v) is 9.17. The normalized spacial score (nSPS) is 17.8. The molecule has 0 saturated carbocycles. The predicted molar refractivity (Wildman–Crippen MR) is 113 cm³/mol. The van der Waals surface area contributed by atoms with Gasteiger partial charge in [-0.2, -0.15) is 0 Å². The van der Waals surface area contributed by atoms with Crippen LogP contribution in [-0.4, -0.2) is 55.8 Å². The molecule has 2 aliphatic heterocycles. The van der Waals surface area contributed by atoms with Gasteiger partial charge in [-0.1, -0.05) is 27.7 Å². The molecule has 0 aliphatic carbocycles. The van der Waals surface area contributed by atoms with Crippen LogP contribution in [0, 0.1) is 11.8 Å². The second-order valence-electron chi connectivity index (χ2n) is 9.17. The predicted octanol–water partition coefficient (Wildman–Crippen LogP) is 1.93. The standard InChI is InChI=1S/C22H31N5O3/c1-13(2)20(28)25-8-5-15(6-9-25)17-11-19-23-18-12-26(21(29)14(3)4)10-7-16(18)22(30)27(19)24-17/h11,13-15,24H,5-10,12H2,1-4H3. The van der Waals surface area contributed by atoms with E-state index in [4.69, 9.17) is 4.98 Å². The van der Waals surface area contributed by atoms with Gasteiger partial charge in [-0.3, -0.25) is 19.5 Å². The number of hydrogen-bond acceptors (Lipinski definition) is 4. The quantitative estimate of drug-likeness (QED) is 0.832. The van der Waals surface area contributed by atoms with E-state index in [1.165, 1.54) is 0 Å². The highest BCUT2D eigenvalue weighted by Crippen LogP contribution is 2.28. The van der Waals surface area contributed by atoms with Crippen molar-refractivity contribution in [2.45, 2.75) is 59.4 Å². The number of carbonyl (C=O) groups is 2. The van der Waals surface area contributed by atoms with E-state index < -0.39 is 0 Å². The summed E-state index contributed by atoms with van der Waals surface area (Å²) in [6, 6.07) is 1.95. The zero-order valence-electron chi connectivity index (χ0n) is 18.3. The van der Waals surface area contributed by atoms with Gasteiger partial charge in [0.25, 0.3) is 5.56 Å². The van der Waals surface area contributed by atoms with Crippen LogP contribution >= 0.6 is 0 Å². The lowest BCUT2D eigenvalue weighted by Crippen LogP contribution is -2.41. The number of carbonyl (C=O) groups excluding carboxylic acids is 2. The van der Waals surface area contributed by atoms with Gasteiger partial charge in [-0.05, 0) is 19.3 Å². The maximum atomic E-state index is 13.0. The van der Waals surface area contributed by atoms with E-state index in [2.05, 4.69) is 5.10 Å². The number of rotatable bonds is 3. The number of piperidine rings is 1. The third-order valence-corrected chi connectivity index (χ3v) is 6.33. The summed E-state index contributed by atoms with van der Waals surface area (Å²) in [6.07, 6.45) is 2.28. The van der Waals surface area contributed by atoms with E-state index in [0.717, 1.165) is 31.6 Å². The van der Waals surface area contributed by atoms with Gasteiger partial charge in [0, 0.05) is 54.7 Å². The lowest BCUT2D eigenvalue weighted by Gasteiger charge is -2.32. The van der Waals surface area contributed by atoms with E-state index in [0.29, 0.717) is 36.4 Å². The summed E-state index contributed by atoms with van der Waals surface area (Å²) in [7, 11) is 0. The Hall–Kier alpha value is -2.64. The molecule has 4 heterocycles. The number of aromatic amines is 1. The Morgan fingerprint density at radius 1 is 1.03 bits per heavy atom. The van der Waals surface area contributed by atoms with Gasteiger partial charge in [0.1, 0.15) is 0 Å². The zero-order chi connectivity index (χ0) is 21.6. The Labute approximate surface area is 176 Å². The molecule has 2 aliphatic rings. The molecular formula is C22H31N5O3. The molecule has 2 amide bonds. The highest BCUT2D eigenvalue weighted by atomic mass is 16.2. The number of nitrogens with zero attached hydrogens (tertiary/aromatic N) is 4. The van der Waals surface area contributed by atoms with Crippen molar-refractivity contribution < 1.29 is 9.59 Å². The number of amides is 2. The zero-order valence-corrected chi connectivity index (χ0v) is 18.3. The Bertz CT molecular complexity index is 1030. The number of fused-ring (bicyclic) bond motifs is 2. The molecule has 0 unspecified atom stereocenters. The average Bonchev–Trinajstić information content (AvgIpc) is 3.16. The van der Waals surface area contributed by atoms with E-state index in [1.807, 2.05) is 38.7 Å². The van der Waals surface area contributed by atoms with E-state index >= 15 is 0 Å². The fraction of sp³-hybridized carbons (Fsp3) is 0.636. The van der Waals surface area contributed by atoms with Gasteiger partial charge < -0.3 is 9.80 Å². The second kappa shape index (κ2) is 7.89. The smallest absolute Gasteiger partial charge is 0.276 e. The fourth-order valence-electron chi connectivity index (χ4n) is 4.55. The van der Waals surface area contributed by atoms with Crippen LogP contribution in [0.1, 0.15) is 63.4 Å². The summed E-state index contributed by atoms with van der Waals surface area (Å²) >= 11 is 0. The van der Waals surface area contributed by atoms with Crippen molar-refractivity contribution in [3.63, 3.8) is 0 Å². The summed E-state index contributed by atoms with van der Waals surface area (Å²) in [6.45, 7) is 10.1. The fourth-order valence-corrected chi connectivity index (χ4v) is 4.55. The third-order valence-electron chi connectivity index (χ3n) is 6.33. The third kappa shape index (κ3) is 3.63. The first-order chi connectivity index (χ1) is 14.3. The topological polar surface area (TPSA) is 90.8 Å². The first-order valence-electron chi connectivity index (χ1n) is 11.0. The maximum absolute atomic E-state index is 13.0. The van der Waals surface area contributed by atoms with E-state index in [9.17, 15) is 14.4 Å². The largest absolute Gasteiger partial charge is 0.342 e. The van der Waals surface area contributed by atoms with Crippen LogP contribution in [0.5, 0.6) is 0 Å². The molecule has 8 nitrogen and oxygen atoms in total. The first-order valence-corrected chi connectivity index (χ1v) is 11.0. The molecule has 162 valence electrons. The Kier molecular flexibility index (Phi) is 5.42. The molecular weight excluding hydrogens is 382 g/mol. The van der Waals surface area contributed by atoms with Crippen LogP contribution < -0.4 is 5.56 Å². The van der Waals surface area contributed by atoms with Crippen molar-refractivity contribution in [2.75, 3.05) is 19.6 Å². The van der Waals surface area contributed by atoms with Crippen molar-refractivity contribution in [3.05, 3.63) is 33.4 Å². The lowest BCUT2D eigenvalue weighted by atomic mass is 9.93. The summed E-state index contributed by atoms with van der Waals surface area (Å²) in [5, 5.41) is 3.26. The Morgan fingerprint density at radius 3 is 2.30 bits per heavy atom. The summed E-state index contributed by atoms with van der Waals surface area (Å²) in [5.41, 5.74) is 2.95. The number of nitrogens with one attached hydrogen (secondary N) is 1. The van der Waals surface area contributed by atoms with Crippen LogP contribution in [0.25, 0.3) is 5.65 Å². The van der Waals surface area contributed by atoms with Crippen molar-refractivity contribution in [1.82, 2.24) is 24.4 Å². The van der Waals surface area contributed by atoms with E-state index in [-0.39, 0.29) is 35.1 Å². The molecule has 2 aromatic rings. The molecule has 1 saturated heterocycles. The SMILES string of the molecule is CC(C)C(=O)N1CCC(c2cc3nc4c(c(=O)n3[nH]2)CCN(C(=O)C(C)C)C4)CC1. The van der Waals surface area contributed by atoms with Crippen molar-refractivity contribution >= 4 is 17.5 Å². The van der Waals surface area contributed by atoms with Gasteiger partial charge >= 0.3 is 0 Å². The average molecular weight is 414 g/mol.